The van der Waals surface area contributed by atoms with E-state index in [1.165, 1.54) is 0 Å². The molecule has 1 unspecified atom stereocenters. The van der Waals surface area contributed by atoms with Crippen LogP contribution < -0.4 is 10.6 Å². The molecular weight excluding hydrogens is 318 g/mol. The molecule has 0 aliphatic rings. The van der Waals surface area contributed by atoms with Gasteiger partial charge in [-0.3, -0.25) is 4.79 Å². The molecule has 1 aromatic heterocycles. The van der Waals surface area contributed by atoms with Crippen molar-refractivity contribution in [1.29, 1.82) is 0 Å². The largest absolute Gasteiger partial charge is 0.394 e. The highest BCUT2D eigenvalue weighted by molar-refractivity contribution is 5.94. The lowest BCUT2D eigenvalue weighted by Crippen LogP contribution is -2.35. The number of rotatable bonds is 6. The number of aliphatic hydroxyl groups excluding tert-OH is 1. The number of anilines is 2. The Morgan fingerprint density at radius 3 is 2.76 bits per heavy atom. The summed E-state index contributed by atoms with van der Waals surface area (Å²) in [5.74, 6) is 0.223. The Morgan fingerprint density at radius 2 is 2.00 bits per heavy atom. The number of benzene rings is 2. The molecular formula is C18H19N5O2. The Hall–Kier alpha value is -3.19. The van der Waals surface area contributed by atoms with Crippen LogP contribution in [-0.2, 0) is 0 Å². The predicted molar refractivity (Wildman–Crippen MR) is 95.1 cm³/mol. The number of aliphatic hydroxyl groups is 1. The van der Waals surface area contributed by atoms with Gasteiger partial charge in [0.1, 0.15) is 6.33 Å². The van der Waals surface area contributed by atoms with E-state index in [9.17, 15) is 4.79 Å². The van der Waals surface area contributed by atoms with Crippen molar-refractivity contribution in [3.63, 3.8) is 0 Å². The summed E-state index contributed by atoms with van der Waals surface area (Å²) < 4.78 is 1.59. The molecule has 25 heavy (non-hydrogen) atoms. The van der Waals surface area contributed by atoms with Gasteiger partial charge in [0.25, 0.3) is 5.91 Å². The topological polar surface area (TPSA) is 92.1 Å². The van der Waals surface area contributed by atoms with Crippen LogP contribution in [0.25, 0.3) is 5.69 Å². The molecule has 1 atom stereocenters. The Kier molecular flexibility index (Phi) is 5.06. The number of hydrogen-bond acceptors (Lipinski definition) is 5. The molecule has 2 aromatic carbocycles. The molecule has 7 nitrogen and oxygen atoms in total. The van der Waals surface area contributed by atoms with Gasteiger partial charge in [-0.2, -0.15) is 4.98 Å². The highest BCUT2D eigenvalue weighted by atomic mass is 16.3. The highest BCUT2D eigenvalue weighted by Crippen LogP contribution is 2.14. The number of nitrogens with zero attached hydrogens (tertiary/aromatic N) is 3. The molecule has 0 saturated carbocycles. The van der Waals surface area contributed by atoms with Gasteiger partial charge in [-0.15, -0.1) is 5.10 Å². The molecule has 3 aromatic rings. The predicted octanol–water partition coefficient (Wildman–Crippen LogP) is 2.12. The van der Waals surface area contributed by atoms with Crippen LogP contribution in [0.1, 0.15) is 17.3 Å². The minimum atomic E-state index is -0.302. The zero-order chi connectivity index (χ0) is 17.6. The monoisotopic (exact) mass is 337 g/mol. The van der Waals surface area contributed by atoms with Crippen LogP contribution >= 0.6 is 0 Å². The van der Waals surface area contributed by atoms with Crippen molar-refractivity contribution in [2.45, 2.75) is 13.0 Å². The van der Waals surface area contributed by atoms with Crippen LogP contribution in [0.5, 0.6) is 0 Å². The van der Waals surface area contributed by atoms with Crippen molar-refractivity contribution in [3.8, 4) is 5.69 Å². The number of amides is 1. The first-order valence-corrected chi connectivity index (χ1v) is 7.91. The van der Waals surface area contributed by atoms with Crippen molar-refractivity contribution in [3.05, 3.63) is 66.5 Å². The van der Waals surface area contributed by atoms with Gasteiger partial charge in [0.05, 0.1) is 12.3 Å². The zero-order valence-corrected chi connectivity index (χ0v) is 13.8. The van der Waals surface area contributed by atoms with Crippen LogP contribution in [0.2, 0.25) is 0 Å². The number of carbonyl (C=O) groups excluding carboxylic acids is 1. The van der Waals surface area contributed by atoms with Gasteiger partial charge in [0, 0.05) is 17.3 Å². The summed E-state index contributed by atoms with van der Waals surface area (Å²) in [6, 6.07) is 16.4. The van der Waals surface area contributed by atoms with Crippen molar-refractivity contribution in [1.82, 2.24) is 20.1 Å². The third kappa shape index (κ3) is 4.21. The van der Waals surface area contributed by atoms with E-state index in [1.54, 1.807) is 36.1 Å². The molecule has 0 saturated heterocycles. The smallest absolute Gasteiger partial charge is 0.251 e. The highest BCUT2D eigenvalue weighted by Gasteiger charge is 2.11. The summed E-state index contributed by atoms with van der Waals surface area (Å²) in [7, 11) is 0. The third-order valence-corrected chi connectivity index (χ3v) is 3.55. The van der Waals surface area contributed by atoms with Crippen molar-refractivity contribution >= 4 is 17.5 Å². The van der Waals surface area contributed by atoms with Crippen molar-refractivity contribution < 1.29 is 9.90 Å². The van der Waals surface area contributed by atoms with Gasteiger partial charge in [-0.1, -0.05) is 24.3 Å². The third-order valence-electron chi connectivity index (χ3n) is 3.55. The quantitative estimate of drug-likeness (QED) is 0.641. The normalized spacial score (nSPS) is 11.8. The molecule has 1 heterocycles. The second-order valence-corrected chi connectivity index (χ2v) is 5.61. The van der Waals surface area contributed by atoms with Crippen LogP contribution in [0.4, 0.5) is 11.6 Å². The maximum atomic E-state index is 12.2. The fourth-order valence-electron chi connectivity index (χ4n) is 2.24. The van der Waals surface area contributed by atoms with Gasteiger partial charge in [0.2, 0.25) is 5.95 Å². The number of carbonyl (C=O) groups is 1. The first-order valence-electron chi connectivity index (χ1n) is 7.91. The van der Waals surface area contributed by atoms with Crippen LogP contribution in [-0.4, -0.2) is 38.4 Å². The summed E-state index contributed by atoms with van der Waals surface area (Å²) in [5, 5.41) is 19.2. The van der Waals surface area contributed by atoms with E-state index in [2.05, 4.69) is 20.7 Å². The molecule has 7 heteroatoms. The van der Waals surface area contributed by atoms with Gasteiger partial charge < -0.3 is 15.7 Å². The molecule has 3 rings (SSSR count). The van der Waals surface area contributed by atoms with E-state index in [0.29, 0.717) is 11.5 Å². The van der Waals surface area contributed by atoms with E-state index in [-0.39, 0.29) is 18.6 Å². The van der Waals surface area contributed by atoms with E-state index in [4.69, 9.17) is 5.11 Å². The summed E-state index contributed by atoms with van der Waals surface area (Å²) >= 11 is 0. The number of nitrogens with one attached hydrogen (secondary N) is 2. The lowest BCUT2D eigenvalue weighted by atomic mass is 10.2. The van der Waals surface area contributed by atoms with Crippen molar-refractivity contribution in [2.75, 3.05) is 11.9 Å². The molecule has 0 aliphatic heterocycles. The molecule has 1 amide bonds. The Labute approximate surface area is 145 Å². The zero-order valence-electron chi connectivity index (χ0n) is 13.8. The van der Waals surface area contributed by atoms with Crippen LogP contribution in [0.15, 0.2) is 60.9 Å². The fraction of sp³-hybridized carbons (Fsp3) is 0.167. The summed E-state index contributed by atoms with van der Waals surface area (Å²) in [4.78, 5) is 16.4. The lowest BCUT2D eigenvalue weighted by Gasteiger charge is -2.11. The number of hydrogen-bond donors (Lipinski definition) is 3. The van der Waals surface area contributed by atoms with Crippen LogP contribution in [0.3, 0.4) is 0 Å². The maximum absolute atomic E-state index is 12.2. The van der Waals surface area contributed by atoms with Crippen LogP contribution in [0, 0.1) is 0 Å². The lowest BCUT2D eigenvalue weighted by molar-refractivity contribution is 0.0922. The Bertz CT molecular complexity index is 847. The molecule has 0 radical (unpaired) electrons. The summed E-state index contributed by atoms with van der Waals surface area (Å²) in [6.07, 6.45) is 1.58. The second-order valence-electron chi connectivity index (χ2n) is 5.61. The van der Waals surface area contributed by atoms with Crippen molar-refractivity contribution in [2.24, 2.45) is 0 Å². The first-order chi connectivity index (χ1) is 12.2. The fourth-order valence-corrected chi connectivity index (χ4v) is 2.24. The first kappa shape index (κ1) is 16.7. The number of para-hydroxylation sites is 1. The maximum Gasteiger partial charge on any atom is 0.251 e. The summed E-state index contributed by atoms with van der Waals surface area (Å²) in [5.41, 5.74) is 2.11. The van der Waals surface area contributed by atoms with Gasteiger partial charge >= 0.3 is 0 Å². The van der Waals surface area contributed by atoms with E-state index < -0.39 is 0 Å². The minimum Gasteiger partial charge on any atom is -0.394 e. The van der Waals surface area contributed by atoms with Gasteiger partial charge in [-0.05, 0) is 37.3 Å². The van der Waals surface area contributed by atoms with E-state index >= 15 is 0 Å². The van der Waals surface area contributed by atoms with E-state index in [0.717, 1.165) is 11.4 Å². The standard InChI is InChI=1S/C18H19N5O2/c1-13(11-24)20-17(25)14-6-5-9-16(10-14)23-12-19-18(22-23)21-15-7-3-2-4-8-15/h2-10,12-13,24H,11H2,1H3,(H,20,25)(H,21,22). The Morgan fingerprint density at radius 1 is 1.20 bits per heavy atom. The molecule has 128 valence electrons. The summed E-state index contributed by atoms with van der Waals surface area (Å²) in [6.45, 7) is 1.63. The number of aromatic nitrogens is 3. The molecule has 0 spiro atoms. The van der Waals surface area contributed by atoms with Gasteiger partial charge in [-0.25, -0.2) is 4.68 Å². The Balaban J connectivity index is 1.76. The minimum absolute atomic E-state index is 0.108. The average Bonchev–Trinajstić information content (AvgIpc) is 3.11. The second kappa shape index (κ2) is 7.59. The van der Waals surface area contributed by atoms with E-state index in [1.807, 2.05) is 36.4 Å². The molecule has 0 aliphatic carbocycles. The molecule has 0 fully saturated rings. The molecule has 0 bridgehead atoms. The SMILES string of the molecule is CC(CO)NC(=O)c1cccc(-n2cnc(Nc3ccccc3)n2)c1. The molecule has 3 N–H and O–H groups in total. The average molecular weight is 337 g/mol. The van der Waals surface area contributed by atoms with Gasteiger partial charge in [0.15, 0.2) is 0 Å².